The fourth-order valence-electron chi connectivity index (χ4n) is 9.57. The van der Waals surface area contributed by atoms with Gasteiger partial charge in [0.05, 0.1) is 35.6 Å². The van der Waals surface area contributed by atoms with Crippen molar-refractivity contribution in [1.29, 1.82) is 0 Å². The predicted octanol–water partition coefficient (Wildman–Crippen LogP) is 2.30. The number of carbonyl (C=O) groups excluding carboxylic acids is 2. The second-order valence-electron chi connectivity index (χ2n) is 13.8. The number of allylic oxidation sites excluding steroid dienone is 3. The molecular formula is C31H46O9S4. The lowest BCUT2D eigenvalue weighted by atomic mass is 9.45. The minimum Gasteiger partial charge on any atom is -0.458 e. The minimum absolute atomic E-state index is 0.0830. The lowest BCUT2D eigenvalue weighted by Gasteiger charge is -2.68. The summed E-state index contributed by atoms with van der Waals surface area (Å²) in [6, 6.07) is 0. The molecule has 4 saturated carbocycles. The molecule has 0 bridgehead atoms. The number of hydrogen-bond acceptors (Lipinski definition) is 13. The van der Waals surface area contributed by atoms with E-state index in [1.54, 1.807) is 19.9 Å². The van der Waals surface area contributed by atoms with E-state index in [9.17, 15) is 35.1 Å². The van der Waals surface area contributed by atoms with Gasteiger partial charge < -0.3 is 35.0 Å². The molecule has 0 aliphatic heterocycles. The molecule has 5 aliphatic carbocycles. The van der Waals surface area contributed by atoms with Gasteiger partial charge in [-0.2, -0.15) is 37.9 Å². The fourth-order valence-corrected chi connectivity index (χ4v) is 12.2. The molecule has 5 N–H and O–H groups in total. The summed E-state index contributed by atoms with van der Waals surface area (Å²) in [6.45, 7) is 3.53. The number of aliphatic hydroxyl groups is 5. The molecule has 5 aliphatic rings. The molecule has 0 aromatic carbocycles. The highest BCUT2D eigenvalue weighted by Gasteiger charge is 2.72. The number of ether oxygens (including phenoxy) is 2. The molecule has 0 amide bonds. The van der Waals surface area contributed by atoms with Crippen molar-refractivity contribution in [3.8, 4) is 0 Å². The van der Waals surface area contributed by atoms with Crippen LogP contribution in [0.3, 0.4) is 0 Å². The first-order chi connectivity index (χ1) is 20.5. The Morgan fingerprint density at radius 2 is 1.59 bits per heavy atom. The lowest BCUT2D eigenvalue weighted by Crippen LogP contribution is -2.73. The van der Waals surface area contributed by atoms with Gasteiger partial charge in [-0.3, -0.25) is 4.79 Å². The lowest BCUT2D eigenvalue weighted by molar-refractivity contribution is -0.250. The Kier molecular flexibility index (Phi) is 9.48. The number of carbonyl (C=O) groups is 2. The van der Waals surface area contributed by atoms with E-state index >= 15 is 0 Å². The van der Waals surface area contributed by atoms with Crippen LogP contribution in [-0.4, -0.2) is 94.3 Å². The smallest absolute Gasteiger partial charge is 0.333 e. The van der Waals surface area contributed by atoms with Crippen LogP contribution in [-0.2, 0) is 19.1 Å². The van der Waals surface area contributed by atoms with Crippen molar-refractivity contribution in [3.05, 3.63) is 23.3 Å². The SMILES string of the molecule is C/C=C(/C)C(=O)O[C@H]1[C@H](OC(C)=O)[C@@]2(CO)C(C[C@]1(O)S)C1=CCC3[C@@](S)(CCC4[C@]3(S)CC[C@H](O)[C@]4(S)CO)C1C[C@H]2O. The van der Waals surface area contributed by atoms with Gasteiger partial charge in [0.2, 0.25) is 0 Å². The van der Waals surface area contributed by atoms with Crippen LogP contribution in [0.4, 0.5) is 0 Å². The van der Waals surface area contributed by atoms with Crippen molar-refractivity contribution in [2.75, 3.05) is 13.2 Å². The summed E-state index contributed by atoms with van der Waals surface area (Å²) < 4.78 is 9.24. The number of hydrogen-bond donors (Lipinski definition) is 9. The van der Waals surface area contributed by atoms with Gasteiger partial charge in [0.25, 0.3) is 0 Å². The number of thiol groups is 4. The third-order valence-corrected chi connectivity index (χ3v) is 14.8. The van der Waals surface area contributed by atoms with E-state index in [1.165, 1.54) is 6.92 Å². The standard InChI is InChI=1S/C31H46O9S4/c1-4-15(2)26(37)40-25-24(39-16(3)34)27(13-32)19(12-31(25,38)44)17-5-6-20-28(41,18(17)11-23(27)36)9-7-21-29(20,42)10-8-22(35)30(21,43)14-33/h4-5,18-25,32-33,35-36,38,41-44H,6-14H2,1-3H3/b15-4-/t18?,19?,20?,21?,22-,23+,24-,25-,27-,28+,29-,30-,31-/m0/s1. The van der Waals surface area contributed by atoms with E-state index in [1.807, 2.05) is 0 Å². The van der Waals surface area contributed by atoms with Crippen molar-refractivity contribution in [3.63, 3.8) is 0 Å². The van der Waals surface area contributed by atoms with Crippen LogP contribution < -0.4 is 0 Å². The normalized spacial score (nSPS) is 50.3. The summed E-state index contributed by atoms with van der Waals surface area (Å²) >= 11 is 20.1. The molecule has 9 nitrogen and oxygen atoms in total. The quantitative estimate of drug-likeness (QED) is 0.0696. The van der Waals surface area contributed by atoms with Gasteiger partial charge in [0.1, 0.15) is 4.93 Å². The number of aliphatic hydroxyl groups excluding tert-OH is 4. The minimum atomic E-state index is -1.97. The summed E-state index contributed by atoms with van der Waals surface area (Å²) in [7, 11) is 0. The maximum atomic E-state index is 12.9. The Balaban J connectivity index is 1.59. The second kappa shape index (κ2) is 11.9. The zero-order chi connectivity index (χ0) is 32.6. The van der Waals surface area contributed by atoms with Crippen molar-refractivity contribution >= 4 is 62.5 Å². The zero-order valence-corrected chi connectivity index (χ0v) is 28.9. The third-order valence-electron chi connectivity index (χ3n) is 11.9. The Morgan fingerprint density at radius 1 is 0.932 bits per heavy atom. The molecule has 0 aromatic rings. The van der Waals surface area contributed by atoms with Gasteiger partial charge in [-0.05, 0) is 82.5 Å². The van der Waals surface area contributed by atoms with Gasteiger partial charge in [-0.25, -0.2) is 4.79 Å². The van der Waals surface area contributed by atoms with Crippen LogP contribution >= 0.6 is 50.5 Å². The average molecular weight is 691 g/mol. The summed E-state index contributed by atoms with van der Waals surface area (Å²) in [6.07, 6.45) is 1.70. The van der Waals surface area contributed by atoms with Crippen molar-refractivity contribution in [2.24, 2.45) is 29.1 Å². The number of rotatable bonds is 5. The maximum Gasteiger partial charge on any atom is 0.333 e. The highest BCUT2D eigenvalue weighted by atomic mass is 32.1. The molecule has 4 fully saturated rings. The highest BCUT2D eigenvalue weighted by Crippen LogP contribution is 2.69. The summed E-state index contributed by atoms with van der Waals surface area (Å²) in [4.78, 5) is 23.4. The molecule has 5 rings (SSSR count). The average Bonchev–Trinajstić information content (AvgIpc) is 2.96. The number of esters is 2. The molecule has 4 unspecified atom stereocenters. The third kappa shape index (κ3) is 4.96. The first-order valence-electron chi connectivity index (χ1n) is 15.4. The van der Waals surface area contributed by atoms with Gasteiger partial charge in [0.15, 0.2) is 12.2 Å². The van der Waals surface area contributed by atoms with E-state index < -0.39 is 73.5 Å². The van der Waals surface area contributed by atoms with Gasteiger partial charge in [-0.15, -0.1) is 12.6 Å². The molecule has 13 atom stereocenters. The monoisotopic (exact) mass is 690 g/mol. The summed E-state index contributed by atoms with van der Waals surface area (Å²) in [5, 5.41) is 56.1. The van der Waals surface area contributed by atoms with E-state index in [0.29, 0.717) is 32.1 Å². The van der Waals surface area contributed by atoms with Crippen LogP contribution in [0.1, 0.15) is 65.7 Å². The van der Waals surface area contributed by atoms with Crippen molar-refractivity contribution in [1.82, 2.24) is 0 Å². The molecule has 0 spiro atoms. The zero-order valence-electron chi connectivity index (χ0n) is 25.3. The Bertz CT molecular complexity index is 1240. The van der Waals surface area contributed by atoms with Gasteiger partial charge >= 0.3 is 11.9 Å². The van der Waals surface area contributed by atoms with Gasteiger partial charge in [-0.1, -0.05) is 17.7 Å². The van der Waals surface area contributed by atoms with Crippen LogP contribution in [0.2, 0.25) is 0 Å². The molecule has 0 radical (unpaired) electrons. The number of fused-ring (bicyclic) bond motifs is 7. The summed E-state index contributed by atoms with van der Waals surface area (Å²) in [5.41, 5.74) is -0.326. The molecule has 0 aromatic heterocycles. The predicted molar refractivity (Wildman–Crippen MR) is 177 cm³/mol. The van der Waals surface area contributed by atoms with Gasteiger partial charge in [0, 0.05) is 22.0 Å². The topological polar surface area (TPSA) is 154 Å². The molecule has 0 saturated heterocycles. The molecule has 13 heteroatoms. The fraction of sp³-hybridized carbons (Fsp3) is 0.806. The van der Waals surface area contributed by atoms with Crippen LogP contribution in [0.25, 0.3) is 0 Å². The highest BCUT2D eigenvalue weighted by molar-refractivity contribution is 7.83. The van der Waals surface area contributed by atoms with E-state index in [4.69, 9.17) is 47.4 Å². The van der Waals surface area contributed by atoms with E-state index in [2.05, 4.69) is 18.7 Å². The largest absolute Gasteiger partial charge is 0.458 e. The molecule has 0 heterocycles. The molecular weight excluding hydrogens is 645 g/mol. The van der Waals surface area contributed by atoms with Crippen molar-refractivity contribution < 1.29 is 44.6 Å². The van der Waals surface area contributed by atoms with Crippen LogP contribution in [0, 0.1) is 29.1 Å². The maximum absolute atomic E-state index is 12.9. The van der Waals surface area contributed by atoms with E-state index in [0.717, 1.165) is 5.57 Å². The Hall–Kier alpha value is -0.380. The van der Waals surface area contributed by atoms with E-state index in [-0.39, 0.29) is 42.8 Å². The molecule has 248 valence electrons. The second-order valence-corrected chi connectivity index (χ2v) is 17.1. The first kappa shape index (κ1) is 34.9. The Labute approximate surface area is 280 Å². The van der Waals surface area contributed by atoms with Crippen LogP contribution in [0.15, 0.2) is 23.3 Å². The van der Waals surface area contributed by atoms with Crippen molar-refractivity contribution in [2.45, 2.75) is 109 Å². The first-order valence-corrected chi connectivity index (χ1v) is 17.2. The molecule has 44 heavy (non-hydrogen) atoms. The Morgan fingerprint density at radius 3 is 2.18 bits per heavy atom. The van der Waals surface area contributed by atoms with Crippen LogP contribution in [0.5, 0.6) is 0 Å². The summed E-state index contributed by atoms with van der Waals surface area (Å²) in [5.74, 6) is -2.68.